The number of benzene rings is 2. The Kier molecular flexibility index (Phi) is 5.96. The van der Waals surface area contributed by atoms with E-state index in [1.165, 1.54) is 10.6 Å². The van der Waals surface area contributed by atoms with Crippen LogP contribution in [-0.2, 0) is 0 Å². The molecule has 0 saturated carbocycles. The second-order valence-electron chi connectivity index (χ2n) is 7.63. The molecule has 1 saturated heterocycles. The molecule has 0 unspecified atom stereocenters. The van der Waals surface area contributed by atoms with Gasteiger partial charge in [-0.05, 0) is 43.3 Å². The molecule has 4 rings (SSSR count). The lowest BCUT2D eigenvalue weighted by Crippen LogP contribution is -3.15. The fraction of sp³-hybridized carbons (Fsp3) is 0.292. The van der Waals surface area contributed by atoms with Crippen LogP contribution in [0.4, 0.5) is 5.69 Å². The van der Waals surface area contributed by atoms with Crippen molar-refractivity contribution in [2.75, 3.05) is 37.6 Å². The van der Waals surface area contributed by atoms with E-state index >= 15 is 0 Å². The number of quaternary nitrogens is 1. The molecule has 2 aromatic carbocycles. The fourth-order valence-corrected chi connectivity index (χ4v) is 4.06. The summed E-state index contributed by atoms with van der Waals surface area (Å²) in [5.41, 5.74) is 3.06. The van der Waals surface area contributed by atoms with Crippen molar-refractivity contribution < 1.29 is 14.1 Å². The van der Waals surface area contributed by atoms with Gasteiger partial charge in [0.25, 0.3) is 5.91 Å². The van der Waals surface area contributed by atoms with E-state index in [1.54, 1.807) is 6.26 Å². The Labute approximate surface area is 171 Å². The second-order valence-corrected chi connectivity index (χ2v) is 7.63. The number of para-hydroxylation sites is 1. The maximum absolute atomic E-state index is 12.6. The number of nitrogens with zero attached hydrogens (tertiary/aromatic N) is 1. The molecule has 5 nitrogen and oxygen atoms in total. The average Bonchev–Trinajstić information content (AvgIpc) is 3.29. The minimum absolute atomic E-state index is 0.0347. The SMILES string of the molecule is Cc1cccc(C(=O)NC[C@H](c2ccco2)[NH+]2CCN(c3ccccc3)CC2)c1. The van der Waals surface area contributed by atoms with Crippen LogP contribution in [0.1, 0.15) is 27.7 Å². The van der Waals surface area contributed by atoms with Gasteiger partial charge in [-0.25, -0.2) is 0 Å². The van der Waals surface area contributed by atoms with Gasteiger partial charge in [0, 0.05) is 11.3 Å². The Morgan fingerprint density at radius 1 is 1.07 bits per heavy atom. The average molecular weight is 391 g/mol. The number of furan rings is 1. The maximum Gasteiger partial charge on any atom is 0.251 e. The first-order chi connectivity index (χ1) is 14.2. The van der Waals surface area contributed by atoms with Crippen molar-refractivity contribution in [1.29, 1.82) is 0 Å². The normalized spacial score (nSPS) is 15.8. The highest BCUT2D eigenvalue weighted by molar-refractivity contribution is 5.94. The number of hydrogen-bond acceptors (Lipinski definition) is 3. The number of rotatable bonds is 6. The zero-order chi connectivity index (χ0) is 20.1. The molecular weight excluding hydrogens is 362 g/mol. The Balaban J connectivity index is 1.41. The van der Waals surface area contributed by atoms with Gasteiger partial charge in [0.1, 0.15) is 0 Å². The zero-order valence-corrected chi connectivity index (χ0v) is 16.8. The van der Waals surface area contributed by atoms with E-state index in [0.29, 0.717) is 12.1 Å². The third-order valence-electron chi connectivity index (χ3n) is 5.65. The first-order valence-corrected chi connectivity index (χ1v) is 10.2. The largest absolute Gasteiger partial charge is 0.463 e. The van der Waals surface area contributed by atoms with Gasteiger partial charge in [0.05, 0.1) is 39.0 Å². The van der Waals surface area contributed by atoms with Gasteiger partial charge >= 0.3 is 0 Å². The summed E-state index contributed by atoms with van der Waals surface area (Å²) in [5.74, 6) is 0.894. The molecule has 0 aliphatic carbocycles. The van der Waals surface area contributed by atoms with Crippen molar-refractivity contribution in [3.63, 3.8) is 0 Å². The monoisotopic (exact) mass is 390 g/mol. The fourth-order valence-electron chi connectivity index (χ4n) is 4.06. The molecule has 1 atom stereocenters. The van der Waals surface area contributed by atoms with E-state index in [0.717, 1.165) is 37.5 Å². The number of nitrogens with one attached hydrogen (secondary N) is 2. The van der Waals surface area contributed by atoms with Crippen LogP contribution in [0.15, 0.2) is 77.4 Å². The highest BCUT2D eigenvalue weighted by atomic mass is 16.3. The van der Waals surface area contributed by atoms with Gasteiger partial charge in [-0.2, -0.15) is 0 Å². The molecule has 1 aliphatic heterocycles. The Hall–Kier alpha value is -3.05. The summed E-state index contributed by atoms with van der Waals surface area (Å²) in [6.07, 6.45) is 1.71. The molecule has 2 N–H and O–H groups in total. The summed E-state index contributed by atoms with van der Waals surface area (Å²) in [6.45, 7) is 6.53. The molecule has 5 heteroatoms. The molecule has 0 spiro atoms. The van der Waals surface area contributed by atoms with Gasteiger partial charge in [0.2, 0.25) is 0 Å². The molecule has 0 radical (unpaired) electrons. The summed E-state index contributed by atoms with van der Waals surface area (Å²) in [5, 5.41) is 3.12. The number of hydrogen-bond donors (Lipinski definition) is 2. The van der Waals surface area contributed by atoms with E-state index in [1.807, 2.05) is 43.3 Å². The van der Waals surface area contributed by atoms with Crippen LogP contribution < -0.4 is 15.1 Å². The van der Waals surface area contributed by atoms with E-state index in [2.05, 4.69) is 40.5 Å². The molecule has 150 valence electrons. The quantitative estimate of drug-likeness (QED) is 0.680. The number of carbonyl (C=O) groups excluding carboxylic acids is 1. The molecule has 2 heterocycles. The van der Waals surface area contributed by atoms with Gasteiger partial charge in [0.15, 0.2) is 11.8 Å². The summed E-state index contributed by atoms with van der Waals surface area (Å²) in [4.78, 5) is 16.5. The third-order valence-corrected chi connectivity index (χ3v) is 5.65. The first-order valence-electron chi connectivity index (χ1n) is 10.2. The van der Waals surface area contributed by atoms with Crippen LogP contribution in [0.2, 0.25) is 0 Å². The summed E-state index contributed by atoms with van der Waals surface area (Å²) in [7, 11) is 0. The molecule has 1 amide bonds. The number of anilines is 1. The molecule has 0 bridgehead atoms. The molecule has 1 fully saturated rings. The predicted octanol–water partition coefficient (Wildman–Crippen LogP) is 2.46. The zero-order valence-electron chi connectivity index (χ0n) is 16.8. The lowest BCUT2D eigenvalue weighted by molar-refractivity contribution is -0.932. The highest BCUT2D eigenvalue weighted by Crippen LogP contribution is 2.15. The van der Waals surface area contributed by atoms with Crippen LogP contribution in [-0.4, -0.2) is 38.6 Å². The minimum atomic E-state index is -0.0347. The Morgan fingerprint density at radius 2 is 1.86 bits per heavy atom. The van der Waals surface area contributed by atoms with Crippen LogP contribution in [0.25, 0.3) is 0 Å². The van der Waals surface area contributed by atoms with Crippen molar-refractivity contribution in [2.45, 2.75) is 13.0 Å². The molecular formula is C24H28N3O2+. The van der Waals surface area contributed by atoms with Crippen LogP contribution in [0, 0.1) is 6.92 Å². The van der Waals surface area contributed by atoms with Gasteiger partial charge < -0.3 is 19.5 Å². The summed E-state index contributed by atoms with van der Waals surface area (Å²) < 4.78 is 5.73. The van der Waals surface area contributed by atoms with E-state index in [9.17, 15) is 4.79 Å². The van der Waals surface area contributed by atoms with E-state index in [4.69, 9.17) is 4.42 Å². The number of aryl methyl sites for hydroxylation is 1. The van der Waals surface area contributed by atoms with E-state index in [-0.39, 0.29) is 11.9 Å². The Bertz CT molecular complexity index is 916. The lowest BCUT2D eigenvalue weighted by atomic mass is 10.1. The second kappa shape index (κ2) is 8.97. The Morgan fingerprint density at radius 3 is 2.55 bits per heavy atom. The topological polar surface area (TPSA) is 49.9 Å². The number of carbonyl (C=O) groups is 1. The predicted molar refractivity (Wildman–Crippen MR) is 114 cm³/mol. The van der Waals surface area contributed by atoms with Crippen molar-refractivity contribution in [3.8, 4) is 0 Å². The third kappa shape index (κ3) is 4.69. The van der Waals surface area contributed by atoms with Crippen molar-refractivity contribution in [2.24, 2.45) is 0 Å². The van der Waals surface area contributed by atoms with Gasteiger partial charge in [-0.15, -0.1) is 0 Å². The highest BCUT2D eigenvalue weighted by Gasteiger charge is 2.31. The summed E-state index contributed by atoms with van der Waals surface area (Å²) >= 11 is 0. The molecule has 3 aromatic rings. The van der Waals surface area contributed by atoms with Gasteiger partial charge in [-0.3, -0.25) is 4.79 Å². The van der Waals surface area contributed by atoms with Crippen molar-refractivity contribution in [1.82, 2.24) is 5.32 Å². The molecule has 29 heavy (non-hydrogen) atoms. The molecule has 1 aliphatic rings. The van der Waals surface area contributed by atoms with E-state index < -0.39 is 0 Å². The van der Waals surface area contributed by atoms with Crippen LogP contribution >= 0.6 is 0 Å². The van der Waals surface area contributed by atoms with Gasteiger partial charge in [-0.1, -0.05) is 35.9 Å². The van der Waals surface area contributed by atoms with Crippen molar-refractivity contribution in [3.05, 3.63) is 89.9 Å². The van der Waals surface area contributed by atoms with Crippen LogP contribution in [0.5, 0.6) is 0 Å². The standard InChI is InChI=1S/C24H27N3O2/c1-19-7-5-8-20(17-19)24(28)25-18-22(23-11-6-16-29-23)27-14-12-26(13-15-27)21-9-3-2-4-10-21/h2-11,16-17,22H,12-15,18H2,1H3,(H,25,28)/p+1/t22-/m1/s1. The lowest BCUT2D eigenvalue weighted by Gasteiger charge is -2.37. The van der Waals surface area contributed by atoms with Crippen LogP contribution in [0.3, 0.4) is 0 Å². The number of amides is 1. The maximum atomic E-state index is 12.6. The number of piperazine rings is 1. The first kappa shape index (κ1) is 19.3. The minimum Gasteiger partial charge on any atom is -0.463 e. The smallest absolute Gasteiger partial charge is 0.251 e. The van der Waals surface area contributed by atoms with Crippen molar-refractivity contribution >= 4 is 11.6 Å². The summed E-state index contributed by atoms with van der Waals surface area (Å²) in [6, 6.07) is 22.3. The molecule has 1 aromatic heterocycles.